The predicted molar refractivity (Wildman–Crippen MR) is 79.7 cm³/mol. The van der Waals surface area contributed by atoms with E-state index in [0.717, 1.165) is 19.6 Å². The van der Waals surface area contributed by atoms with Crippen molar-refractivity contribution in [3.63, 3.8) is 0 Å². The van der Waals surface area contributed by atoms with Gasteiger partial charge in [-0.2, -0.15) is 0 Å². The molecule has 1 rings (SSSR count). The van der Waals surface area contributed by atoms with Gasteiger partial charge in [-0.15, -0.1) is 0 Å². The first-order valence-electron chi connectivity index (χ1n) is 7.20. The molecule has 18 heavy (non-hydrogen) atoms. The van der Waals surface area contributed by atoms with Crippen LogP contribution in [0.2, 0.25) is 0 Å². The SMILES string of the molecule is CCNCc1ccccc1CN(C)C(CC)CC. The molecule has 0 heterocycles. The molecule has 0 unspecified atom stereocenters. The Kier molecular flexibility index (Phi) is 6.99. The van der Waals surface area contributed by atoms with Crippen LogP contribution in [0.5, 0.6) is 0 Å². The van der Waals surface area contributed by atoms with Crippen molar-refractivity contribution < 1.29 is 0 Å². The molecule has 0 bridgehead atoms. The summed E-state index contributed by atoms with van der Waals surface area (Å²) in [6, 6.07) is 9.46. The Balaban J connectivity index is 2.70. The minimum atomic E-state index is 0.692. The normalized spacial score (nSPS) is 11.4. The van der Waals surface area contributed by atoms with Crippen molar-refractivity contribution in [2.24, 2.45) is 0 Å². The van der Waals surface area contributed by atoms with Gasteiger partial charge >= 0.3 is 0 Å². The van der Waals surface area contributed by atoms with E-state index in [-0.39, 0.29) is 0 Å². The van der Waals surface area contributed by atoms with Crippen LogP contribution in [0.1, 0.15) is 44.7 Å². The molecule has 0 aromatic heterocycles. The molecule has 0 atom stereocenters. The average Bonchev–Trinajstić information content (AvgIpc) is 2.39. The smallest absolute Gasteiger partial charge is 0.0236 e. The molecule has 1 N–H and O–H groups in total. The number of nitrogens with one attached hydrogen (secondary N) is 1. The Morgan fingerprint density at radius 2 is 1.67 bits per heavy atom. The number of benzene rings is 1. The summed E-state index contributed by atoms with van der Waals surface area (Å²) in [5, 5.41) is 3.42. The zero-order valence-electron chi connectivity index (χ0n) is 12.4. The van der Waals surface area contributed by atoms with Crippen LogP contribution < -0.4 is 5.32 Å². The van der Waals surface area contributed by atoms with Gasteiger partial charge in [-0.25, -0.2) is 0 Å². The molecular formula is C16H28N2. The Morgan fingerprint density at radius 1 is 1.06 bits per heavy atom. The van der Waals surface area contributed by atoms with E-state index in [2.05, 4.69) is 62.3 Å². The van der Waals surface area contributed by atoms with Crippen LogP contribution >= 0.6 is 0 Å². The van der Waals surface area contributed by atoms with Gasteiger partial charge in [-0.3, -0.25) is 4.90 Å². The summed E-state index contributed by atoms with van der Waals surface area (Å²) in [6.07, 6.45) is 2.45. The maximum atomic E-state index is 3.42. The third-order valence-corrected chi connectivity index (χ3v) is 3.67. The fourth-order valence-electron chi connectivity index (χ4n) is 2.45. The fraction of sp³-hybridized carbons (Fsp3) is 0.625. The molecule has 0 fully saturated rings. The molecule has 0 amide bonds. The van der Waals surface area contributed by atoms with E-state index in [1.165, 1.54) is 24.0 Å². The molecule has 2 heteroatoms. The van der Waals surface area contributed by atoms with E-state index >= 15 is 0 Å². The van der Waals surface area contributed by atoms with Crippen LogP contribution in [0.15, 0.2) is 24.3 Å². The maximum absolute atomic E-state index is 3.42. The zero-order valence-corrected chi connectivity index (χ0v) is 12.4. The lowest BCUT2D eigenvalue weighted by molar-refractivity contribution is 0.221. The second-order valence-electron chi connectivity index (χ2n) is 4.93. The molecular weight excluding hydrogens is 220 g/mol. The topological polar surface area (TPSA) is 15.3 Å². The molecule has 1 aromatic carbocycles. The van der Waals surface area contributed by atoms with Gasteiger partial charge in [0.2, 0.25) is 0 Å². The van der Waals surface area contributed by atoms with Gasteiger partial charge in [0.1, 0.15) is 0 Å². The summed E-state index contributed by atoms with van der Waals surface area (Å²) in [6.45, 7) is 9.75. The highest BCUT2D eigenvalue weighted by Crippen LogP contribution is 2.15. The third kappa shape index (κ3) is 4.43. The van der Waals surface area contributed by atoms with Crippen LogP contribution in [0, 0.1) is 0 Å². The first-order valence-corrected chi connectivity index (χ1v) is 7.20. The summed E-state index contributed by atoms with van der Waals surface area (Å²) in [5.74, 6) is 0. The van der Waals surface area contributed by atoms with Crippen molar-refractivity contribution in [1.29, 1.82) is 0 Å². The van der Waals surface area contributed by atoms with Gasteiger partial charge in [0.25, 0.3) is 0 Å². The molecule has 0 aliphatic carbocycles. The zero-order chi connectivity index (χ0) is 13.4. The van der Waals surface area contributed by atoms with Crippen molar-refractivity contribution in [1.82, 2.24) is 10.2 Å². The van der Waals surface area contributed by atoms with Crippen LogP contribution in [0.4, 0.5) is 0 Å². The molecule has 0 radical (unpaired) electrons. The highest BCUT2D eigenvalue weighted by atomic mass is 15.1. The first-order chi connectivity index (χ1) is 8.72. The Bertz CT molecular complexity index is 332. The van der Waals surface area contributed by atoms with Gasteiger partial charge in [-0.05, 0) is 37.6 Å². The van der Waals surface area contributed by atoms with Gasteiger partial charge in [0.05, 0.1) is 0 Å². The van der Waals surface area contributed by atoms with Crippen LogP contribution in [-0.2, 0) is 13.1 Å². The molecule has 2 nitrogen and oxygen atoms in total. The minimum Gasteiger partial charge on any atom is -0.313 e. The van der Waals surface area contributed by atoms with Crippen molar-refractivity contribution in [3.05, 3.63) is 35.4 Å². The van der Waals surface area contributed by atoms with Crippen molar-refractivity contribution >= 4 is 0 Å². The predicted octanol–water partition coefficient (Wildman–Crippen LogP) is 3.42. The Hall–Kier alpha value is -0.860. The second-order valence-corrected chi connectivity index (χ2v) is 4.93. The van der Waals surface area contributed by atoms with Gasteiger partial charge < -0.3 is 5.32 Å². The van der Waals surface area contributed by atoms with Crippen LogP contribution in [0.25, 0.3) is 0 Å². The summed E-state index contributed by atoms with van der Waals surface area (Å²) in [7, 11) is 2.24. The largest absolute Gasteiger partial charge is 0.313 e. The Morgan fingerprint density at radius 3 is 2.22 bits per heavy atom. The number of hydrogen-bond acceptors (Lipinski definition) is 2. The van der Waals surface area contributed by atoms with Crippen LogP contribution in [0.3, 0.4) is 0 Å². The second kappa shape index (κ2) is 8.28. The van der Waals surface area contributed by atoms with Gasteiger partial charge in [0, 0.05) is 19.1 Å². The van der Waals surface area contributed by atoms with E-state index in [9.17, 15) is 0 Å². The molecule has 0 saturated carbocycles. The fourth-order valence-corrected chi connectivity index (χ4v) is 2.45. The molecule has 0 saturated heterocycles. The summed E-state index contributed by atoms with van der Waals surface area (Å²) in [4.78, 5) is 2.48. The van der Waals surface area contributed by atoms with Crippen molar-refractivity contribution in [2.45, 2.75) is 52.7 Å². The highest BCUT2D eigenvalue weighted by molar-refractivity contribution is 5.27. The van der Waals surface area contributed by atoms with Crippen LogP contribution in [-0.4, -0.2) is 24.5 Å². The summed E-state index contributed by atoms with van der Waals surface area (Å²) < 4.78 is 0. The van der Waals surface area contributed by atoms with Crippen molar-refractivity contribution in [3.8, 4) is 0 Å². The number of hydrogen-bond donors (Lipinski definition) is 1. The van der Waals surface area contributed by atoms with Gasteiger partial charge in [-0.1, -0.05) is 45.0 Å². The van der Waals surface area contributed by atoms with Crippen molar-refractivity contribution in [2.75, 3.05) is 13.6 Å². The maximum Gasteiger partial charge on any atom is 0.0236 e. The van der Waals surface area contributed by atoms with E-state index in [0.29, 0.717) is 6.04 Å². The number of nitrogens with zero attached hydrogens (tertiary/aromatic N) is 1. The lowest BCUT2D eigenvalue weighted by atomic mass is 10.0. The average molecular weight is 248 g/mol. The molecule has 0 spiro atoms. The molecule has 0 aliphatic rings. The molecule has 1 aromatic rings. The first kappa shape index (κ1) is 15.2. The van der Waals surface area contributed by atoms with E-state index < -0.39 is 0 Å². The third-order valence-electron chi connectivity index (χ3n) is 3.67. The Labute approximate surface area is 112 Å². The minimum absolute atomic E-state index is 0.692. The van der Waals surface area contributed by atoms with E-state index in [1.807, 2.05) is 0 Å². The quantitative estimate of drug-likeness (QED) is 0.758. The number of rotatable bonds is 8. The van der Waals surface area contributed by atoms with E-state index in [1.54, 1.807) is 0 Å². The van der Waals surface area contributed by atoms with E-state index in [4.69, 9.17) is 0 Å². The lowest BCUT2D eigenvalue weighted by Gasteiger charge is -2.27. The highest BCUT2D eigenvalue weighted by Gasteiger charge is 2.12. The summed E-state index contributed by atoms with van der Waals surface area (Å²) >= 11 is 0. The summed E-state index contributed by atoms with van der Waals surface area (Å²) in [5.41, 5.74) is 2.88. The molecule has 0 aliphatic heterocycles. The monoisotopic (exact) mass is 248 g/mol. The van der Waals surface area contributed by atoms with Gasteiger partial charge in [0.15, 0.2) is 0 Å². The standard InChI is InChI=1S/C16H28N2/c1-5-16(6-2)18(4)13-15-11-9-8-10-14(15)12-17-7-3/h8-11,16-17H,5-7,12-13H2,1-4H3. The lowest BCUT2D eigenvalue weighted by Crippen LogP contribution is -2.30. The molecule has 102 valence electrons.